The predicted molar refractivity (Wildman–Crippen MR) is 119 cm³/mol. The molecule has 0 unspecified atom stereocenters. The number of ether oxygens (including phenoxy) is 2. The molecule has 0 saturated carbocycles. The van der Waals surface area contributed by atoms with E-state index in [1.54, 1.807) is 24.3 Å². The first kappa shape index (κ1) is 20.7. The van der Waals surface area contributed by atoms with Gasteiger partial charge >= 0.3 is 0 Å². The Hall–Kier alpha value is -2.60. The number of carbonyl (C=O) groups is 1. The van der Waals surface area contributed by atoms with E-state index in [1.165, 1.54) is 16.3 Å². The maximum Gasteiger partial charge on any atom is 0.258 e. The van der Waals surface area contributed by atoms with Gasteiger partial charge in [0.25, 0.3) is 5.91 Å². The van der Waals surface area contributed by atoms with E-state index in [2.05, 4.69) is 46.6 Å². The molecule has 0 spiro atoms. The molecule has 1 N–H and O–H groups in total. The molecule has 4 rings (SSSR count). The highest BCUT2D eigenvalue weighted by molar-refractivity contribution is 6.30. The van der Waals surface area contributed by atoms with Crippen molar-refractivity contribution in [3.05, 3.63) is 77.3 Å². The lowest BCUT2D eigenvalue weighted by Crippen LogP contribution is -2.44. The Morgan fingerprint density at radius 1 is 1.03 bits per heavy atom. The Morgan fingerprint density at radius 2 is 1.77 bits per heavy atom. The number of halogens is 1. The molecule has 156 valence electrons. The fourth-order valence-corrected chi connectivity index (χ4v) is 3.93. The largest absolute Gasteiger partial charge is 0.484 e. The van der Waals surface area contributed by atoms with Crippen LogP contribution in [0.4, 0.5) is 0 Å². The number of nitrogens with one attached hydrogen (secondary N) is 1. The molecule has 6 heteroatoms. The predicted octanol–water partition coefficient (Wildman–Crippen LogP) is 4.06. The van der Waals surface area contributed by atoms with E-state index in [0.29, 0.717) is 30.5 Å². The molecule has 3 aromatic rings. The number of morpholine rings is 1. The fourth-order valence-electron chi connectivity index (χ4n) is 3.81. The lowest BCUT2D eigenvalue weighted by Gasteiger charge is -2.35. The van der Waals surface area contributed by atoms with E-state index >= 15 is 0 Å². The van der Waals surface area contributed by atoms with Gasteiger partial charge in [0, 0.05) is 24.7 Å². The second-order valence-corrected chi connectivity index (χ2v) is 7.72. The van der Waals surface area contributed by atoms with Crippen LogP contribution in [0.15, 0.2) is 66.7 Å². The summed E-state index contributed by atoms with van der Waals surface area (Å²) in [7, 11) is 0. The molecule has 1 fully saturated rings. The summed E-state index contributed by atoms with van der Waals surface area (Å²) >= 11 is 5.88. The van der Waals surface area contributed by atoms with E-state index in [4.69, 9.17) is 21.1 Å². The molecule has 0 aliphatic carbocycles. The Balaban J connectivity index is 1.46. The van der Waals surface area contributed by atoms with Gasteiger partial charge in [0.05, 0.1) is 19.3 Å². The first-order valence-corrected chi connectivity index (χ1v) is 10.5. The highest BCUT2D eigenvalue weighted by Crippen LogP contribution is 2.28. The second kappa shape index (κ2) is 9.94. The van der Waals surface area contributed by atoms with Crippen molar-refractivity contribution in [2.45, 2.75) is 6.04 Å². The highest BCUT2D eigenvalue weighted by atomic mass is 35.5. The molecule has 0 aromatic heterocycles. The summed E-state index contributed by atoms with van der Waals surface area (Å²) < 4.78 is 11.1. The molecule has 1 aliphatic heterocycles. The van der Waals surface area contributed by atoms with Crippen molar-refractivity contribution in [2.75, 3.05) is 39.5 Å². The van der Waals surface area contributed by atoms with Crippen LogP contribution in [0.2, 0.25) is 5.02 Å². The van der Waals surface area contributed by atoms with Crippen molar-refractivity contribution >= 4 is 28.3 Å². The lowest BCUT2D eigenvalue weighted by molar-refractivity contribution is -0.123. The molecule has 3 aromatic carbocycles. The topological polar surface area (TPSA) is 50.8 Å². The van der Waals surface area contributed by atoms with Crippen LogP contribution in [0.1, 0.15) is 11.6 Å². The van der Waals surface area contributed by atoms with Crippen LogP contribution < -0.4 is 10.1 Å². The minimum atomic E-state index is -0.150. The van der Waals surface area contributed by atoms with Crippen LogP contribution in [-0.2, 0) is 9.53 Å². The average Bonchev–Trinajstić information content (AvgIpc) is 2.79. The summed E-state index contributed by atoms with van der Waals surface area (Å²) in [6.45, 7) is 3.56. The van der Waals surface area contributed by atoms with Gasteiger partial charge in [-0.2, -0.15) is 0 Å². The molecule has 30 heavy (non-hydrogen) atoms. The van der Waals surface area contributed by atoms with Crippen molar-refractivity contribution in [2.24, 2.45) is 0 Å². The number of benzene rings is 3. The summed E-state index contributed by atoms with van der Waals surface area (Å²) in [6, 6.07) is 21.8. The summed E-state index contributed by atoms with van der Waals surface area (Å²) in [5.41, 5.74) is 1.22. The second-order valence-electron chi connectivity index (χ2n) is 7.28. The van der Waals surface area contributed by atoms with Crippen LogP contribution in [-0.4, -0.2) is 50.3 Å². The molecule has 0 radical (unpaired) electrons. The number of rotatable bonds is 7. The number of nitrogens with zero attached hydrogens (tertiary/aromatic N) is 1. The molecule has 0 bridgehead atoms. The normalized spacial score (nSPS) is 15.6. The highest BCUT2D eigenvalue weighted by Gasteiger charge is 2.24. The molecule has 1 heterocycles. The minimum absolute atomic E-state index is 0.0347. The Labute approximate surface area is 181 Å². The molecule has 1 aliphatic rings. The first-order chi connectivity index (χ1) is 14.7. The summed E-state index contributed by atoms with van der Waals surface area (Å²) in [5.74, 6) is 0.469. The molecular formula is C24H25ClN2O3. The minimum Gasteiger partial charge on any atom is -0.484 e. The lowest BCUT2D eigenvalue weighted by atomic mass is 9.97. The third-order valence-corrected chi connectivity index (χ3v) is 5.60. The van der Waals surface area contributed by atoms with Gasteiger partial charge in [0.1, 0.15) is 5.75 Å². The zero-order valence-corrected chi connectivity index (χ0v) is 17.5. The van der Waals surface area contributed by atoms with Crippen LogP contribution in [0.5, 0.6) is 5.75 Å². The van der Waals surface area contributed by atoms with Crippen LogP contribution in [0.25, 0.3) is 10.8 Å². The molecule has 1 amide bonds. The van der Waals surface area contributed by atoms with E-state index in [9.17, 15) is 4.79 Å². The van der Waals surface area contributed by atoms with Crippen molar-refractivity contribution in [1.82, 2.24) is 10.2 Å². The van der Waals surface area contributed by atoms with Crippen LogP contribution >= 0.6 is 11.6 Å². The zero-order valence-electron chi connectivity index (χ0n) is 16.7. The quantitative estimate of drug-likeness (QED) is 0.621. The SMILES string of the molecule is O=C(COc1ccc(Cl)cc1)NC[C@H](c1cccc2ccccc12)N1CCOCC1. The van der Waals surface area contributed by atoms with Crippen LogP contribution in [0, 0.1) is 0 Å². The summed E-state index contributed by atoms with van der Waals surface area (Å²) in [5, 5.41) is 6.10. The van der Waals surface area contributed by atoms with Gasteiger partial charge in [-0.1, -0.05) is 54.1 Å². The number of carbonyl (C=O) groups excluding carboxylic acids is 1. The number of hydrogen-bond acceptors (Lipinski definition) is 4. The van der Waals surface area contributed by atoms with Gasteiger partial charge in [0.15, 0.2) is 6.61 Å². The van der Waals surface area contributed by atoms with Gasteiger partial charge in [-0.3, -0.25) is 9.69 Å². The van der Waals surface area contributed by atoms with E-state index in [0.717, 1.165) is 13.1 Å². The standard InChI is InChI=1S/C24H25ClN2O3/c25-19-8-10-20(11-9-19)30-17-24(28)26-16-23(27-12-14-29-15-13-27)22-7-3-5-18-4-1-2-6-21(18)22/h1-11,23H,12-17H2,(H,26,28)/t23-/m1/s1. The molecule has 5 nitrogen and oxygen atoms in total. The molecular weight excluding hydrogens is 400 g/mol. The monoisotopic (exact) mass is 424 g/mol. The number of fused-ring (bicyclic) bond motifs is 1. The van der Waals surface area contributed by atoms with Gasteiger partial charge in [0.2, 0.25) is 0 Å². The van der Waals surface area contributed by atoms with Crippen molar-refractivity contribution in [1.29, 1.82) is 0 Å². The first-order valence-electron chi connectivity index (χ1n) is 10.2. The van der Waals surface area contributed by atoms with E-state index in [-0.39, 0.29) is 18.6 Å². The van der Waals surface area contributed by atoms with E-state index < -0.39 is 0 Å². The molecule has 1 saturated heterocycles. The maximum atomic E-state index is 12.5. The summed E-state index contributed by atoms with van der Waals surface area (Å²) in [4.78, 5) is 14.8. The van der Waals surface area contributed by atoms with Crippen LogP contribution in [0.3, 0.4) is 0 Å². The van der Waals surface area contributed by atoms with Crippen molar-refractivity contribution in [3.8, 4) is 5.75 Å². The van der Waals surface area contributed by atoms with Gasteiger partial charge < -0.3 is 14.8 Å². The Kier molecular flexibility index (Phi) is 6.84. The third kappa shape index (κ3) is 5.11. The third-order valence-electron chi connectivity index (χ3n) is 5.34. The van der Waals surface area contributed by atoms with Gasteiger partial charge in [-0.25, -0.2) is 0 Å². The average molecular weight is 425 g/mol. The Morgan fingerprint density at radius 3 is 2.57 bits per heavy atom. The maximum absolute atomic E-state index is 12.5. The number of amides is 1. The van der Waals surface area contributed by atoms with Crippen molar-refractivity contribution < 1.29 is 14.3 Å². The zero-order chi connectivity index (χ0) is 20.8. The Bertz CT molecular complexity index is 982. The van der Waals surface area contributed by atoms with Gasteiger partial charge in [-0.05, 0) is 40.6 Å². The van der Waals surface area contributed by atoms with Crippen molar-refractivity contribution in [3.63, 3.8) is 0 Å². The van der Waals surface area contributed by atoms with Gasteiger partial charge in [-0.15, -0.1) is 0 Å². The number of hydrogen-bond donors (Lipinski definition) is 1. The summed E-state index contributed by atoms with van der Waals surface area (Å²) in [6.07, 6.45) is 0. The molecule has 1 atom stereocenters. The van der Waals surface area contributed by atoms with E-state index in [1.807, 2.05) is 6.07 Å². The smallest absolute Gasteiger partial charge is 0.258 e. The fraction of sp³-hybridized carbons (Fsp3) is 0.292.